The number of carbonyl (C=O) groups is 1. The lowest BCUT2D eigenvalue weighted by molar-refractivity contribution is -0.255. The topological polar surface area (TPSA) is 107 Å². The Balaban J connectivity index is 2.11. The molecule has 0 aromatic heterocycles. The minimum Gasteiger partial charge on any atom is -0.545 e. The first-order valence-electron chi connectivity index (χ1n) is 6.58. The lowest BCUT2D eigenvalue weighted by atomic mass is 10.1. The van der Waals surface area contributed by atoms with E-state index in [1.54, 1.807) is 12.1 Å². The van der Waals surface area contributed by atoms with Gasteiger partial charge in [-0.25, -0.2) is 17.5 Å². The molecule has 0 amide bonds. The number of sulfonamides is 1. The highest BCUT2D eigenvalue weighted by molar-refractivity contribution is 7.89. The highest BCUT2D eigenvalue weighted by Gasteiger charge is 2.19. The van der Waals surface area contributed by atoms with Gasteiger partial charge in [0.2, 0.25) is 10.0 Å². The lowest BCUT2D eigenvalue weighted by Crippen LogP contribution is -2.28. The largest absolute Gasteiger partial charge is 0.545 e. The number of phenols is 1. The molecule has 0 saturated carbocycles. The van der Waals surface area contributed by atoms with Crippen LogP contribution < -0.4 is 9.83 Å². The fourth-order valence-electron chi connectivity index (χ4n) is 1.91. The van der Waals surface area contributed by atoms with E-state index >= 15 is 0 Å². The third-order valence-corrected chi connectivity index (χ3v) is 4.57. The number of phenolic OH excluding ortho intramolecular Hbond substituents is 1. The predicted molar refractivity (Wildman–Crippen MR) is 77.7 cm³/mol. The Hall–Kier alpha value is -2.45. The average Bonchev–Trinajstić information content (AvgIpc) is 2.49. The lowest BCUT2D eigenvalue weighted by Gasteiger charge is -2.10. The Bertz CT molecular complexity index is 818. The van der Waals surface area contributed by atoms with Gasteiger partial charge in [-0.1, -0.05) is 18.2 Å². The summed E-state index contributed by atoms with van der Waals surface area (Å²) in [5.74, 6) is -2.55. The first kappa shape index (κ1) is 16.9. The summed E-state index contributed by atoms with van der Waals surface area (Å²) in [4.78, 5) is 10.0. The van der Waals surface area contributed by atoms with Gasteiger partial charge in [-0.05, 0) is 41.8 Å². The molecule has 2 N–H and O–H groups in total. The zero-order chi connectivity index (χ0) is 17.0. The molecule has 2 aromatic rings. The van der Waals surface area contributed by atoms with Crippen molar-refractivity contribution in [1.29, 1.82) is 0 Å². The van der Waals surface area contributed by atoms with Gasteiger partial charge in [0, 0.05) is 6.54 Å². The molecule has 2 aromatic carbocycles. The Morgan fingerprint density at radius 1 is 1.17 bits per heavy atom. The smallest absolute Gasteiger partial charge is 0.243 e. The van der Waals surface area contributed by atoms with E-state index in [1.807, 2.05) is 0 Å². The van der Waals surface area contributed by atoms with Crippen LogP contribution in [-0.2, 0) is 16.4 Å². The predicted octanol–water partition coefficient (Wildman–Crippen LogP) is 0.416. The molecule has 0 spiro atoms. The number of benzene rings is 2. The summed E-state index contributed by atoms with van der Waals surface area (Å²) in [7, 11) is -4.19. The summed E-state index contributed by atoms with van der Waals surface area (Å²) in [6, 6.07) is 8.59. The molecule has 0 aliphatic heterocycles. The fraction of sp³-hybridized carbons (Fsp3) is 0.133. The number of aromatic carboxylic acids is 1. The van der Waals surface area contributed by atoms with E-state index in [9.17, 15) is 22.7 Å². The van der Waals surface area contributed by atoms with Crippen molar-refractivity contribution < 1.29 is 27.8 Å². The zero-order valence-electron chi connectivity index (χ0n) is 11.8. The summed E-state index contributed by atoms with van der Waals surface area (Å²) < 4.78 is 40.0. The molecule has 0 radical (unpaired) electrons. The number of rotatable bonds is 6. The van der Waals surface area contributed by atoms with Gasteiger partial charge >= 0.3 is 0 Å². The molecule has 23 heavy (non-hydrogen) atoms. The van der Waals surface area contributed by atoms with Crippen LogP contribution in [0.3, 0.4) is 0 Å². The zero-order valence-corrected chi connectivity index (χ0v) is 12.6. The summed E-state index contributed by atoms with van der Waals surface area (Å²) in [6.45, 7) is -0.0118. The van der Waals surface area contributed by atoms with Crippen LogP contribution in [0.4, 0.5) is 4.39 Å². The molecule has 122 valence electrons. The number of hydrogen-bond acceptors (Lipinski definition) is 5. The van der Waals surface area contributed by atoms with Crippen molar-refractivity contribution in [3.8, 4) is 5.75 Å². The Morgan fingerprint density at radius 2 is 1.83 bits per heavy atom. The van der Waals surface area contributed by atoms with Gasteiger partial charge in [-0.15, -0.1) is 0 Å². The van der Waals surface area contributed by atoms with Crippen LogP contribution >= 0.6 is 0 Å². The number of nitrogens with one attached hydrogen (secondary N) is 1. The van der Waals surface area contributed by atoms with Crippen LogP contribution in [0.15, 0.2) is 47.4 Å². The fourth-order valence-corrected chi connectivity index (χ4v) is 3.04. The highest BCUT2D eigenvalue weighted by atomic mass is 32.2. The van der Waals surface area contributed by atoms with Gasteiger partial charge in [0.05, 0.1) is 5.97 Å². The van der Waals surface area contributed by atoms with Gasteiger partial charge < -0.3 is 15.0 Å². The van der Waals surface area contributed by atoms with Crippen molar-refractivity contribution in [2.45, 2.75) is 11.3 Å². The van der Waals surface area contributed by atoms with Gasteiger partial charge in [0.25, 0.3) is 0 Å². The van der Waals surface area contributed by atoms with Crippen molar-refractivity contribution in [3.63, 3.8) is 0 Å². The number of carbonyl (C=O) groups excluding carboxylic acids is 1. The first-order valence-corrected chi connectivity index (χ1v) is 8.06. The number of carboxylic acid groups (broad SMARTS) is 1. The molecule has 0 atom stereocenters. The second kappa shape index (κ2) is 6.76. The maximum Gasteiger partial charge on any atom is 0.243 e. The third kappa shape index (κ3) is 4.27. The van der Waals surface area contributed by atoms with Crippen molar-refractivity contribution in [2.75, 3.05) is 6.54 Å². The molecule has 0 aliphatic rings. The van der Waals surface area contributed by atoms with E-state index in [4.69, 9.17) is 5.11 Å². The molecule has 0 fully saturated rings. The van der Waals surface area contributed by atoms with Crippen LogP contribution in [0.5, 0.6) is 5.75 Å². The maximum atomic E-state index is 13.7. The summed E-state index contributed by atoms with van der Waals surface area (Å²) >= 11 is 0. The van der Waals surface area contributed by atoms with Crippen LogP contribution in [0.1, 0.15) is 15.9 Å². The molecular formula is C15H13FNO5S-. The quantitative estimate of drug-likeness (QED) is 0.794. The van der Waals surface area contributed by atoms with E-state index in [0.29, 0.717) is 12.5 Å². The van der Waals surface area contributed by atoms with E-state index in [1.165, 1.54) is 12.1 Å². The standard InChI is InChI=1S/C15H14FNO5S/c16-13-6-3-11(15(19)20)9-14(13)23(21,22)17-8-7-10-1-4-12(18)5-2-10/h1-6,9,17-18H,7-8H2,(H,19,20)/p-1. The van der Waals surface area contributed by atoms with Gasteiger partial charge in [-0.2, -0.15) is 0 Å². The number of hydrogen-bond donors (Lipinski definition) is 2. The number of aromatic hydroxyl groups is 1. The van der Waals surface area contributed by atoms with Crippen LogP contribution in [0.2, 0.25) is 0 Å². The SMILES string of the molecule is O=C([O-])c1ccc(F)c(S(=O)(=O)NCCc2ccc(O)cc2)c1. The molecule has 0 heterocycles. The maximum absolute atomic E-state index is 13.7. The Labute approximate surface area is 132 Å². The number of halogens is 1. The summed E-state index contributed by atoms with van der Waals surface area (Å²) in [5, 5.41) is 19.9. The second-order valence-electron chi connectivity index (χ2n) is 4.75. The van der Waals surface area contributed by atoms with Crippen molar-refractivity contribution in [3.05, 3.63) is 59.4 Å². The van der Waals surface area contributed by atoms with Crippen LogP contribution in [0.25, 0.3) is 0 Å². The Morgan fingerprint density at radius 3 is 2.43 bits per heavy atom. The monoisotopic (exact) mass is 338 g/mol. The molecule has 8 heteroatoms. The molecule has 6 nitrogen and oxygen atoms in total. The average molecular weight is 338 g/mol. The van der Waals surface area contributed by atoms with E-state index < -0.39 is 32.3 Å². The second-order valence-corrected chi connectivity index (χ2v) is 6.48. The molecule has 0 aliphatic carbocycles. The molecule has 0 bridgehead atoms. The van der Waals surface area contributed by atoms with Crippen LogP contribution in [-0.4, -0.2) is 26.0 Å². The minimum atomic E-state index is -4.19. The highest BCUT2D eigenvalue weighted by Crippen LogP contribution is 2.16. The van der Waals surface area contributed by atoms with Crippen molar-refractivity contribution in [1.82, 2.24) is 4.72 Å². The van der Waals surface area contributed by atoms with Crippen molar-refractivity contribution in [2.24, 2.45) is 0 Å². The first-order chi connectivity index (χ1) is 10.8. The van der Waals surface area contributed by atoms with E-state index in [2.05, 4.69) is 4.72 Å². The summed E-state index contributed by atoms with van der Waals surface area (Å²) in [5.41, 5.74) is 0.347. The molecule has 0 saturated heterocycles. The molecular weight excluding hydrogens is 325 g/mol. The van der Waals surface area contributed by atoms with Gasteiger partial charge in [-0.3, -0.25) is 0 Å². The molecule has 0 unspecified atom stereocenters. The Kier molecular flexibility index (Phi) is 4.97. The van der Waals surface area contributed by atoms with E-state index in [0.717, 1.165) is 17.7 Å². The van der Waals surface area contributed by atoms with Gasteiger partial charge in [0.15, 0.2) is 0 Å². The normalized spacial score (nSPS) is 11.3. The third-order valence-electron chi connectivity index (χ3n) is 3.10. The number of carboxylic acids is 1. The summed E-state index contributed by atoms with van der Waals surface area (Å²) in [6.07, 6.45) is 0.321. The molecule has 2 rings (SSSR count). The van der Waals surface area contributed by atoms with E-state index in [-0.39, 0.29) is 12.3 Å². The van der Waals surface area contributed by atoms with Crippen LogP contribution in [0, 0.1) is 5.82 Å². The van der Waals surface area contributed by atoms with Gasteiger partial charge in [0.1, 0.15) is 16.5 Å². The minimum absolute atomic E-state index is 0.0118. The van der Waals surface area contributed by atoms with Crippen molar-refractivity contribution >= 4 is 16.0 Å².